The average molecular weight is 326 g/mol. The lowest BCUT2D eigenvalue weighted by molar-refractivity contribution is 0.183. The van der Waals surface area contributed by atoms with Crippen molar-refractivity contribution in [2.24, 2.45) is 11.1 Å². The van der Waals surface area contributed by atoms with Crippen LogP contribution in [0.3, 0.4) is 0 Å². The SMILES string of the molecule is COc1cccc(CCCN2CCCC(CS(N)(=O)=O)C2)c1. The second-order valence-corrected chi connectivity index (χ2v) is 7.75. The molecule has 2 N–H and O–H groups in total. The molecule has 0 aromatic heterocycles. The zero-order chi connectivity index (χ0) is 16.0. The van der Waals surface area contributed by atoms with Crippen LogP contribution in [0.25, 0.3) is 0 Å². The quantitative estimate of drug-likeness (QED) is 0.826. The molecule has 1 fully saturated rings. The van der Waals surface area contributed by atoms with E-state index in [1.807, 2.05) is 12.1 Å². The van der Waals surface area contributed by atoms with Gasteiger partial charge < -0.3 is 9.64 Å². The summed E-state index contributed by atoms with van der Waals surface area (Å²) in [7, 11) is -1.68. The van der Waals surface area contributed by atoms with E-state index >= 15 is 0 Å². The van der Waals surface area contributed by atoms with E-state index in [0.29, 0.717) is 0 Å². The highest BCUT2D eigenvalue weighted by Gasteiger charge is 2.22. The number of likely N-dealkylation sites (tertiary alicyclic amines) is 1. The van der Waals surface area contributed by atoms with Crippen LogP contribution in [0.5, 0.6) is 5.75 Å². The Balaban J connectivity index is 1.76. The first-order chi connectivity index (χ1) is 10.5. The molecule has 0 amide bonds. The summed E-state index contributed by atoms with van der Waals surface area (Å²) < 4.78 is 27.7. The minimum Gasteiger partial charge on any atom is -0.497 e. The molecular weight excluding hydrogens is 300 g/mol. The summed E-state index contributed by atoms with van der Waals surface area (Å²) in [6, 6.07) is 8.14. The minimum absolute atomic E-state index is 0.111. The van der Waals surface area contributed by atoms with Crippen molar-refractivity contribution >= 4 is 10.0 Å². The number of piperidine rings is 1. The fraction of sp³-hybridized carbons (Fsp3) is 0.625. The molecule has 1 unspecified atom stereocenters. The number of hydrogen-bond acceptors (Lipinski definition) is 4. The largest absolute Gasteiger partial charge is 0.497 e. The molecule has 2 rings (SSSR count). The van der Waals surface area contributed by atoms with E-state index < -0.39 is 10.0 Å². The van der Waals surface area contributed by atoms with Gasteiger partial charge in [0.25, 0.3) is 0 Å². The van der Waals surface area contributed by atoms with Crippen molar-refractivity contribution in [1.29, 1.82) is 0 Å². The maximum absolute atomic E-state index is 11.2. The molecule has 5 nitrogen and oxygen atoms in total. The van der Waals surface area contributed by atoms with Gasteiger partial charge in [0.2, 0.25) is 10.0 Å². The average Bonchev–Trinajstić information content (AvgIpc) is 2.46. The Bertz CT molecular complexity index is 575. The first-order valence-corrected chi connectivity index (χ1v) is 9.53. The molecule has 1 aliphatic rings. The highest BCUT2D eigenvalue weighted by atomic mass is 32.2. The molecule has 1 aromatic carbocycles. The monoisotopic (exact) mass is 326 g/mol. The Kier molecular flexibility index (Phi) is 6.23. The standard InChI is InChI=1S/C16H26N2O3S/c1-21-16-8-2-5-14(11-16)6-3-9-18-10-4-7-15(12-18)13-22(17,19)20/h2,5,8,11,15H,3-4,6-7,9-10,12-13H2,1H3,(H2,17,19,20). The summed E-state index contributed by atoms with van der Waals surface area (Å²) in [6.07, 6.45) is 4.09. The summed E-state index contributed by atoms with van der Waals surface area (Å²) in [4.78, 5) is 2.36. The topological polar surface area (TPSA) is 72.6 Å². The van der Waals surface area contributed by atoms with E-state index in [1.54, 1.807) is 7.11 Å². The van der Waals surface area contributed by atoms with Crippen molar-refractivity contribution in [2.45, 2.75) is 25.7 Å². The minimum atomic E-state index is -3.36. The number of methoxy groups -OCH3 is 1. The molecule has 1 aromatic rings. The van der Waals surface area contributed by atoms with Crippen LogP contribution in [-0.4, -0.2) is 45.8 Å². The van der Waals surface area contributed by atoms with Crippen molar-refractivity contribution in [1.82, 2.24) is 4.90 Å². The van der Waals surface area contributed by atoms with Gasteiger partial charge in [-0.3, -0.25) is 0 Å². The zero-order valence-corrected chi connectivity index (χ0v) is 14.0. The molecule has 0 spiro atoms. The van der Waals surface area contributed by atoms with E-state index in [2.05, 4.69) is 17.0 Å². The lowest BCUT2D eigenvalue weighted by Gasteiger charge is -2.32. The lowest BCUT2D eigenvalue weighted by Crippen LogP contribution is -2.39. The number of nitrogens with zero attached hydrogens (tertiary/aromatic N) is 1. The normalized spacial score (nSPS) is 20.0. The van der Waals surface area contributed by atoms with Crippen molar-refractivity contribution in [3.05, 3.63) is 29.8 Å². The molecule has 1 saturated heterocycles. The molecule has 1 atom stereocenters. The van der Waals surface area contributed by atoms with E-state index in [1.165, 1.54) is 5.56 Å². The van der Waals surface area contributed by atoms with Crippen LogP contribution in [0.1, 0.15) is 24.8 Å². The van der Waals surface area contributed by atoms with Crippen molar-refractivity contribution in [3.63, 3.8) is 0 Å². The van der Waals surface area contributed by atoms with Crippen molar-refractivity contribution < 1.29 is 13.2 Å². The zero-order valence-electron chi connectivity index (χ0n) is 13.2. The fourth-order valence-corrected chi connectivity index (χ4v) is 4.08. The molecule has 22 heavy (non-hydrogen) atoms. The van der Waals surface area contributed by atoms with E-state index in [4.69, 9.17) is 9.88 Å². The number of ether oxygens (including phenoxy) is 1. The van der Waals surface area contributed by atoms with Gasteiger partial charge in [-0.15, -0.1) is 0 Å². The van der Waals surface area contributed by atoms with Gasteiger partial charge in [0.05, 0.1) is 12.9 Å². The molecule has 124 valence electrons. The third-order valence-electron chi connectivity index (χ3n) is 4.15. The second kappa shape index (κ2) is 7.94. The number of nitrogens with two attached hydrogens (primary N) is 1. The van der Waals surface area contributed by atoms with Crippen LogP contribution in [0, 0.1) is 5.92 Å². The maximum atomic E-state index is 11.2. The van der Waals surface area contributed by atoms with Gasteiger partial charge in [-0.05, 0) is 62.4 Å². The Morgan fingerprint density at radius 1 is 1.41 bits per heavy atom. The van der Waals surface area contributed by atoms with Crippen LogP contribution in [0.15, 0.2) is 24.3 Å². The third-order valence-corrected chi connectivity index (χ3v) is 5.08. The molecule has 0 saturated carbocycles. The van der Waals surface area contributed by atoms with Gasteiger partial charge in [0.1, 0.15) is 5.75 Å². The molecule has 0 bridgehead atoms. The summed E-state index contributed by atoms with van der Waals surface area (Å²) in [6.45, 7) is 2.89. The number of sulfonamides is 1. The fourth-order valence-electron chi connectivity index (χ4n) is 3.15. The summed E-state index contributed by atoms with van der Waals surface area (Å²) in [5.41, 5.74) is 1.28. The number of primary sulfonamides is 1. The Morgan fingerprint density at radius 2 is 2.23 bits per heavy atom. The van der Waals surface area contributed by atoms with Crippen molar-refractivity contribution in [3.8, 4) is 5.75 Å². The van der Waals surface area contributed by atoms with Gasteiger partial charge >= 0.3 is 0 Å². The molecule has 1 aliphatic heterocycles. The Morgan fingerprint density at radius 3 is 2.95 bits per heavy atom. The van der Waals surface area contributed by atoms with Gasteiger partial charge in [0.15, 0.2) is 0 Å². The highest BCUT2D eigenvalue weighted by Crippen LogP contribution is 2.19. The number of rotatable bonds is 7. The predicted molar refractivity (Wildman–Crippen MR) is 88.5 cm³/mol. The Labute approximate surface area is 133 Å². The summed E-state index contributed by atoms with van der Waals surface area (Å²) in [5, 5.41) is 5.16. The summed E-state index contributed by atoms with van der Waals surface area (Å²) >= 11 is 0. The summed E-state index contributed by atoms with van der Waals surface area (Å²) in [5.74, 6) is 1.18. The van der Waals surface area contributed by atoms with Crippen LogP contribution in [0.4, 0.5) is 0 Å². The Hall–Kier alpha value is -1.11. The molecule has 6 heteroatoms. The van der Waals surface area contributed by atoms with Crippen LogP contribution < -0.4 is 9.88 Å². The number of aryl methyl sites for hydroxylation is 1. The first kappa shape index (κ1) is 17.2. The molecule has 0 aliphatic carbocycles. The van der Waals surface area contributed by atoms with Crippen LogP contribution in [0.2, 0.25) is 0 Å². The van der Waals surface area contributed by atoms with Gasteiger partial charge in [-0.1, -0.05) is 12.1 Å². The molecule has 1 heterocycles. The van der Waals surface area contributed by atoms with Crippen molar-refractivity contribution in [2.75, 3.05) is 32.5 Å². The van der Waals surface area contributed by atoms with Gasteiger partial charge in [-0.2, -0.15) is 0 Å². The van der Waals surface area contributed by atoms with Gasteiger partial charge in [-0.25, -0.2) is 13.6 Å². The second-order valence-electron chi connectivity index (χ2n) is 6.09. The van der Waals surface area contributed by atoms with Crippen LogP contribution in [-0.2, 0) is 16.4 Å². The van der Waals surface area contributed by atoms with E-state index in [0.717, 1.165) is 51.1 Å². The van der Waals surface area contributed by atoms with E-state index in [-0.39, 0.29) is 11.7 Å². The third kappa shape index (κ3) is 5.94. The van der Waals surface area contributed by atoms with Gasteiger partial charge in [0, 0.05) is 6.54 Å². The number of benzene rings is 1. The number of hydrogen-bond donors (Lipinski definition) is 1. The lowest BCUT2D eigenvalue weighted by atomic mass is 9.99. The first-order valence-electron chi connectivity index (χ1n) is 7.82. The predicted octanol–water partition coefficient (Wildman–Crippen LogP) is 1.63. The maximum Gasteiger partial charge on any atom is 0.209 e. The highest BCUT2D eigenvalue weighted by molar-refractivity contribution is 7.89. The smallest absolute Gasteiger partial charge is 0.209 e. The molecule has 0 radical (unpaired) electrons. The van der Waals surface area contributed by atoms with E-state index in [9.17, 15) is 8.42 Å². The molecular formula is C16H26N2O3S. The van der Waals surface area contributed by atoms with Crippen LogP contribution >= 0.6 is 0 Å².